The van der Waals surface area contributed by atoms with E-state index in [1.54, 1.807) is 43.3 Å². The Balaban J connectivity index is 2.10. The first-order valence-corrected chi connectivity index (χ1v) is 6.85. The third kappa shape index (κ3) is 3.54. The summed E-state index contributed by atoms with van der Waals surface area (Å²) in [6.45, 7) is 1.98. The molecule has 0 aliphatic rings. The maximum atomic E-state index is 11.8. The second kappa shape index (κ2) is 6.31. The van der Waals surface area contributed by atoms with E-state index in [4.69, 9.17) is 0 Å². The molecule has 0 aromatic heterocycles. The fourth-order valence-corrected chi connectivity index (χ4v) is 2.15. The van der Waals surface area contributed by atoms with Gasteiger partial charge < -0.3 is 15.3 Å². The minimum Gasteiger partial charge on any atom is -0.508 e. The fraction of sp³-hybridized carbons (Fsp3) is 0.235. The zero-order valence-corrected chi connectivity index (χ0v) is 12.5. The third-order valence-corrected chi connectivity index (χ3v) is 3.32. The molecule has 0 bridgehead atoms. The standard InChI is InChI=1S/C17H20N2O2/c1-12(15-6-4-5-7-16(15)20)18-14-10-8-13(9-11-14)17(21)19(2)3/h4-12,18,20H,1-3H3. The minimum absolute atomic E-state index is 0.0182. The van der Waals surface area contributed by atoms with Gasteiger partial charge in [0.15, 0.2) is 0 Å². The van der Waals surface area contributed by atoms with Crippen LogP contribution in [-0.4, -0.2) is 30.0 Å². The Morgan fingerprint density at radius 1 is 1.10 bits per heavy atom. The van der Waals surface area contributed by atoms with Gasteiger partial charge in [0.25, 0.3) is 5.91 Å². The Hall–Kier alpha value is -2.49. The molecule has 0 radical (unpaired) electrons. The van der Waals surface area contributed by atoms with Crippen LogP contribution >= 0.6 is 0 Å². The van der Waals surface area contributed by atoms with E-state index in [0.29, 0.717) is 5.56 Å². The van der Waals surface area contributed by atoms with Gasteiger partial charge in [-0.1, -0.05) is 18.2 Å². The Kier molecular flexibility index (Phi) is 4.48. The summed E-state index contributed by atoms with van der Waals surface area (Å²) >= 11 is 0. The maximum Gasteiger partial charge on any atom is 0.253 e. The number of hydrogen-bond donors (Lipinski definition) is 2. The van der Waals surface area contributed by atoms with Crippen LogP contribution in [0.3, 0.4) is 0 Å². The molecule has 0 aliphatic heterocycles. The summed E-state index contributed by atoms with van der Waals surface area (Å²) in [7, 11) is 3.46. The van der Waals surface area contributed by atoms with Gasteiger partial charge >= 0.3 is 0 Å². The molecule has 0 saturated carbocycles. The number of phenols is 1. The predicted molar refractivity (Wildman–Crippen MR) is 84.6 cm³/mol. The van der Waals surface area contributed by atoms with Gasteiger partial charge in [-0.25, -0.2) is 0 Å². The number of anilines is 1. The van der Waals surface area contributed by atoms with E-state index in [2.05, 4.69) is 5.32 Å². The summed E-state index contributed by atoms with van der Waals surface area (Å²) in [5.41, 5.74) is 2.40. The highest BCUT2D eigenvalue weighted by atomic mass is 16.3. The van der Waals surface area contributed by atoms with E-state index in [0.717, 1.165) is 11.3 Å². The number of rotatable bonds is 4. The van der Waals surface area contributed by atoms with Gasteiger partial charge in [0.05, 0.1) is 6.04 Å². The smallest absolute Gasteiger partial charge is 0.253 e. The first-order valence-electron chi connectivity index (χ1n) is 6.85. The summed E-state index contributed by atoms with van der Waals surface area (Å²) in [4.78, 5) is 13.4. The van der Waals surface area contributed by atoms with Gasteiger partial charge in [0.1, 0.15) is 5.75 Å². The Labute approximate surface area is 125 Å². The van der Waals surface area contributed by atoms with Gasteiger partial charge in [-0.2, -0.15) is 0 Å². The van der Waals surface area contributed by atoms with Crippen molar-refractivity contribution in [1.29, 1.82) is 0 Å². The molecular weight excluding hydrogens is 264 g/mol. The molecule has 2 N–H and O–H groups in total. The van der Waals surface area contributed by atoms with Crippen molar-refractivity contribution in [1.82, 2.24) is 4.90 Å². The van der Waals surface area contributed by atoms with Crippen molar-refractivity contribution in [3.8, 4) is 5.75 Å². The zero-order valence-electron chi connectivity index (χ0n) is 12.5. The van der Waals surface area contributed by atoms with E-state index in [1.165, 1.54) is 0 Å². The van der Waals surface area contributed by atoms with Crippen molar-refractivity contribution in [2.45, 2.75) is 13.0 Å². The third-order valence-electron chi connectivity index (χ3n) is 3.32. The van der Waals surface area contributed by atoms with Crippen LogP contribution in [0.2, 0.25) is 0 Å². The number of benzene rings is 2. The number of nitrogens with zero attached hydrogens (tertiary/aromatic N) is 1. The number of amides is 1. The number of para-hydroxylation sites is 1. The van der Waals surface area contributed by atoms with Crippen molar-refractivity contribution in [3.63, 3.8) is 0 Å². The van der Waals surface area contributed by atoms with Crippen LogP contribution in [0.4, 0.5) is 5.69 Å². The van der Waals surface area contributed by atoms with Gasteiger partial charge in [-0.15, -0.1) is 0 Å². The summed E-state index contributed by atoms with van der Waals surface area (Å²) in [6, 6.07) is 14.6. The average molecular weight is 284 g/mol. The molecule has 2 rings (SSSR count). The van der Waals surface area contributed by atoms with Crippen molar-refractivity contribution in [2.24, 2.45) is 0 Å². The lowest BCUT2D eigenvalue weighted by molar-refractivity contribution is 0.0827. The Bertz CT molecular complexity index is 621. The number of nitrogens with one attached hydrogen (secondary N) is 1. The monoisotopic (exact) mass is 284 g/mol. The highest BCUT2D eigenvalue weighted by Gasteiger charge is 2.11. The SMILES string of the molecule is CC(Nc1ccc(C(=O)N(C)C)cc1)c1ccccc1O. The number of hydrogen-bond acceptors (Lipinski definition) is 3. The molecule has 21 heavy (non-hydrogen) atoms. The summed E-state index contributed by atoms with van der Waals surface area (Å²) < 4.78 is 0. The lowest BCUT2D eigenvalue weighted by Crippen LogP contribution is -2.21. The quantitative estimate of drug-likeness (QED) is 0.906. The number of phenolic OH excluding ortho intramolecular Hbond substituents is 1. The molecule has 0 saturated heterocycles. The lowest BCUT2D eigenvalue weighted by atomic mass is 10.1. The molecule has 1 unspecified atom stereocenters. The lowest BCUT2D eigenvalue weighted by Gasteiger charge is -2.17. The summed E-state index contributed by atoms with van der Waals surface area (Å²) in [5, 5.41) is 13.2. The van der Waals surface area contributed by atoms with Crippen LogP contribution in [0.25, 0.3) is 0 Å². The Morgan fingerprint density at radius 2 is 1.71 bits per heavy atom. The van der Waals surface area contributed by atoms with Crippen molar-refractivity contribution in [3.05, 3.63) is 59.7 Å². The van der Waals surface area contributed by atoms with E-state index in [-0.39, 0.29) is 17.7 Å². The van der Waals surface area contributed by atoms with Crippen LogP contribution in [-0.2, 0) is 0 Å². The van der Waals surface area contributed by atoms with Gasteiger partial charge in [0, 0.05) is 30.9 Å². The van der Waals surface area contributed by atoms with Crippen LogP contribution in [0.15, 0.2) is 48.5 Å². The molecule has 0 aliphatic carbocycles. The van der Waals surface area contributed by atoms with Gasteiger partial charge in [-0.05, 0) is 37.3 Å². The number of aromatic hydroxyl groups is 1. The highest BCUT2D eigenvalue weighted by Crippen LogP contribution is 2.26. The molecule has 110 valence electrons. The second-order valence-corrected chi connectivity index (χ2v) is 5.20. The van der Waals surface area contributed by atoms with Crippen molar-refractivity contribution in [2.75, 3.05) is 19.4 Å². The molecule has 0 fully saturated rings. The molecule has 1 amide bonds. The van der Waals surface area contributed by atoms with E-state index in [1.807, 2.05) is 31.2 Å². The van der Waals surface area contributed by atoms with Crippen LogP contribution in [0, 0.1) is 0 Å². The van der Waals surface area contributed by atoms with E-state index < -0.39 is 0 Å². The fourth-order valence-electron chi connectivity index (χ4n) is 2.15. The summed E-state index contributed by atoms with van der Waals surface area (Å²) in [6.07, 6.45) is 0. The molecule has 4 heteroatoms. The maximum absolute atomic E-state index is 11.8. The predicted octanol–water partition coefficient (Wildman–Crippen LogP) is 3.27. The normalized spacial score (nSPS) is 11.8. The second-order valence-electron chi connectivity index (χ2n) is 5.20. The van der Waals surface area contributed by atoms with Crippen LogP contribution in [0.1, 0.15) is 28.9 Å². The zero-order chi connectivity index (χ0) is 15.4. The van der Waals surface area contributed by atoms with E-state index in [9.17, 15) is 9.90 Å². The molecule has 4 nitrogen and oxygen atoms in total. The molecule has 1 atom stereocenters. The first-order chi connectivity index (χ1) is 9.99. The van der Waals surface area contributed by atoms with E-state index >= 15 is 0 Å². The van der Waals surface area contributed by atoms with Gasteiger partial charge in [-0.3, -0.25) is 4.79 Å². The van der Waals surface area contributed by atoms with Gasteiger partial charge in [0.2, 0.25) is 0 Å². The minimum atomic E-state index is -0.0263. The van der Waals surface area contributed by atoms with Crippen LogP contribution in [0.5, 0.6) is 5.75 Å². The molecule has 0 heterocycles. The Morgan fingerprint density at radius 3 is 2.29 bits per heavy atom. The molecule has 0 spiro atoms. The number of carbonyl (C=O) groups is 1. The van der Waals surface area contributed by atoms with Crippen LogP contribution < -0.4 is 5.32 Å². The molecule has 2 aromatic rings. The van der Waals surface area contributed by atoms with Crippen molar-refractivity contribution >= 4 is 11.6 Å². The summed E-state index contributed by atoms with van der Waals surface area (Å²) in [5.74, 6) is 0.257. The highest BCUT2D eigenvalue weighted by molar-refractivity contribution is 5.94. The molecule has 2 aromatic carbocycles. The molecular formula is C17H20N2O2. The van der Waals surface area contributed by atoms with Crippen molar-refractivity contribution < 1.29 is 9.90 Å². The largest absolute Gasteiger partial charge is 0.508 e. The first kappa shape index (κ1) is 14.9. The topological polar surface area (TPSA) is 52.6 Å². The average Bonchev–Trinajstić information content (AvgIpc) is 2.47. The number of carbonyl (C=O) groups excluding carboxylic acids is 1.